The van der Waals surface area contributed by atoms with E-state index >= 15 is 0 Å². The van der Waals surface area contributed by atoms with Gasteiger partial charge in [0.25, 0.3) is 0 Å². The SMILES string of the molecule is CN(C)c1nn(-c2ccccc2)c(O)c1/N=N/c1[nH]nc(C(C)(C)C)c1C#N. The maximum absolute atomic E-state index is 10.7. The summed E-state index contributed by atoms with van der Waals surface area (Å²) in [7, 11) is 3.59. The molecule has 2 heterocycles. The summed E-state index contributed by atoms with van der Waals surface area (Å²) in [6, 6.07) is 11.4. The summed E-state index contributed by atoms with van der Waals surface area (Å²) in [5.41, 5.74) is 1.52. The molecule has 9 nitrogen and oxygen atoms in total. The number of hydrogen-bond acceptors (Lipinski definition) is 7. The fraction of sp³-hybridized carbons (Fsp3) is 0.316. The van der Waals surface area contributed by atoms with Crippen molar-refractivity contribution in [2.75, 3.05) is 19.0 Å². The third-order valence-electron chi connectivity index (χ3n) is 4.06. The predicted octanol–water partition coefficient (Wildman–Crippen LogP) is 3.95. The maximum atomic E-state index is 10.7. The number of para-hydroxylation sites is 1. The van der Waals surface area contributed by atoms with Crippen molar-refractivity contribution in [3.63, 3.8) is 0 Å². The van der Waals surface area contributed by atoms with Gasteiger partial charge in [-0.25, -0.2) is 0 Å². The second-order valence-corrected chi connectivity index (χ2v) is 7.50. The number of nitrogens with zero attached hydrogens (tertiary/aromatic N) is 7. The highest BCUT2D eigenvalue weighted by Crippen LogP contribution is 2.39. The Morgan fingerprint density at radius 3 is 2.43 bits per heavy atom. The van der Waals surface area contributed by atoms with E-state index in [0.29, 0.717) is 22.8 Å². The van der Waals surface area contributed by atoms with E-state index in [4.69, 9.17) is 0 Å². The molecule has 0 aliphatic heterocycles. The summed E-state index contributed by atoms with van der Waals surface area (Å²) >= 11 is 0. The fourth-order valence-electron chi connectivity index (χ4n) is 2.68. The number of nitriles is 1. The molecule has 0 saturated carbocycles. The van der Waals surface area contributed by atoms with Crippen molar-refractivity contribution in [2.45, 2.75) is 26.2 Å². The molecular formula is C19H22N8O. The molecule has 1 aromatic carbocycles. The van der Waals surface area contributed by atoms with Crippen LogP contribution < -0.4 is 4.90 Å². The van der Waals surface area contributed by atoms with Gasteiger partial charge in [-0.3, -0.25) is 5.10 Å². The Hall–Kier alpha value is -3.67. The Morgan fingerprint density at radius 2 is 1.86 bits per heavy atom. The van der Waals surface area contributed by atoms with Crippen LogP contribution in [0.3, 0.4) is 0 Å². The Balaban J connectivity index is 2.07. The van der Waals surface area contributed by atoms with Gasteiger partial charge < -0.3 is 10.0 Å². The number of H-pyrrole nitrogens is 1. The lowest BCUT2D eigenvalue weighted by Gasteiger charge is -2.14. The first kappa shape index (κ1) is 19.1. The van der Waals surface area contributed by atoms with Gasteiger partial charge in [0.15, 0.2) is 17.3 Å². The zero-order valence-corrected chi connectivity index (χ0v) is 16.5. The molecule has 0 bridgehead atoms. The minimum Gasteiger partial charge on any atom is -0.492 e. The largest absolute Gasteiger partial charge is 0.492 e. The third kappa shape index (κ3) is 3.44. The van der Waals surface area contributed by atoms with E-state index in [1.54, 1.807) is 19.0 Å². The van der Waals surface area contributed by atoms with Crippen molar-refractivity contribution >= 4 is 17.3 Å². The van der Waals surface area contributed by atoms with Gasteiger partial charge in [0, 0.05) is 19.5 Å². The highest BCUT2D eigenvalue weighted by molar-refractivity contribution is 5.69. The molecule has 3 rings (SSSR count). The van der Waals surface area contributed by atoms with Crippen molar-refractivity contribution in [2.24, 2.45) is 10.2 Å². The number of benzene rings is 1. The van der Waals surface area contributed by atoms with Crippen LogP contribution in [0.5, 0.6) is 5.88 Å². The molecule has 0 radical (unpaired) electrons. The van der Waals surface area contributed by atoms with E-state index in [2.05, 4.69) is 31.6 Å². The lowest BCUT2D eigenvalue weighted by atomic mass is 9.90. The van der Waals surface area contributed by atoms with Crippen molar-refractivity contribution in [3.8, 4) is 17.6 Å². The number of aromatic nitrogens is 4. The van der Waals surface area contributed by atoms with Crippen LogP contribution in [0.25, 0.3) is 5.69 Å². The first-order valence-electron chi connectivity index (χ1n) is 8.69. The first-order valence-corrected chi connectivity index (χ1v) is 8.69. The normalized spacial score (nSPS) is 11.7. The number of azo groups is 1. The van der Waals surface area contributed by atoms with Gasteiger partial charge in [0.1, 0.15) is 11.6 Å². The summed E-state index contributed by atoms with van der Waals surface area (Å²) in [5, 5.41) is 39.9. The Bertz CT molecular complexity index is 1050. The van der Waals surface area contributed by atoms with Crippen molar-refractivity contribution in [3.05, 3.63) is 41.6 Å². The van der Waals surface area contributed by atoms with Gasteiger partial charge in [-0.15, -0.1) is 15.3 Å². The zero-order chi connectivity index (χ0) is 20.5. The molecule has 0 spiro atoms. The van der Waals surface area contributed by atoms with Crippen molar-refractivity contribution in [1.29, 1.82) is 5.26 Å². The molecule has 0 unspecified atom stereocenters. The number of aromatic hydroxyl groups is 1. The molecule has 0 aliphatic rings. The van der Waals surface area contributed by atoms with Gasteiger partial charge in [-0.2, -0.15) is 15.0 Å². The van der Waals surface area contributed by atoms with Crippen LogP contribution in [-0.2, 0) is 5.41 Å². The van der Waals surface area contributed by atoms with E-state index in [0.717, 1.165) is 0 Å². The highest BCUT2D eigenvalue weighted by atomic mass is 16.3. The first-order chi connectivity index (χ1) is 13.2. The molecular weight excluding hydrogens is 356 g/mol. The lowest BCUT2D eigenvalue weighted by Crippen LogP contribution is -2.13. The zero-order valence-electron chi connectivity index (χ0n) is 16.5. The highest BCUT2D eigenvalue weighted by Gasteiger charge is 2.25. The summed E-state index contributed by atoms with van der Waals surface area (Å²) in [6.07, 6.45) is 0. The quantitative estimate of drug-likeness (QED) is 0.666. The Morgan fingerprint density at radius 1 is 1.18 bits per heavy atom. The predicted molar refractivity (Wildman–Crippen MR) is 106 cm³/mol. The monoisotopic (exact) mass is 378 g/mol. The van der Waals surface area contributed by atoms with E-state index in [1.807, 2.05) is 51.1 Å². The smallest absolute Gasteiger partial charge is 0.245 e. The summed E-state index contributed by atoms with van der Waals surface area (Å²) in [5.74, 6) is 0.538. The van der Waals surface area contributed by atoms with Gasteiger partial charge in [-0.05, 0) is 12.1 Å². The third-order valence-corrected chi connectivity index (χ3v) is 4.06. The van der Waals surface area contributed by atoms with Crippen LogP contribution >= 0.6 is 0 Å². The molecule has 28 heavy (non-hydrogen) atoms. The van der Waals surface area contributed by atoms with E-state index in [-0.39, 0.29) is 22.8 Å². The average Bonchev–Trinajstić information content (AvgIpc) is 3.21. The summed E-state index contributed by atoms with van der Waals surface area (Å²) in [6.45, 7) is 5.89. The van der Waals surface area contributed by atoms with Crippen LogP contribution in [0.15, 0.2) is 40.6 Å². The van der Waals surface area contributed by atoms with E-state index < -0.39 is 0 Å². The molecule has 9 heteroatoms. The van der Waals surface area contributed by atoms with Crippen LogP contribution in [0.4, 0.5) is 17.3 Å². The molecule has 2 N–H and O–H groups in total. The average molecular weight is 378 g/mol. The Kier molecular flexibility index (Phi) is 4.88. The second kappa shape index (κ2) is 7.15. The molecule has 0 fully saturated rings. The minimum atomic E-state index is -0.315. The van der Waals surface area contributed by atoms with Crippen molar-refractivity contribution in [1.82, 2.24) is 20.0 Å². The van der Waals surface area contributed by atoms with Crippen LogP contribution in [0.1, 0.15) is 32.0 Å². The standard InChI is InChI=1S/C19H22N8O/c1-19(2,3)15-13(11-20)16(24-22-15)23-21-14-17(26(4)5)25-27(18(14)28)12-9-7-6-8-10-12/h6-10,28H,1-5H3,(H,22,24)/b23-21+. The molecule has 0 aliphatic carbocycles. The van der Waals surface area contributed by atoms with Crippen LogP contribution in [0.2, 0.25) is 0 Å². The molecule has 0 saturated heterocycles. The van der Waals surface area contributed by atoms with Crippen molar-refractivity contribution < 1.29 is 5.11 Å². The van der Waals surface area contributed by atoms with Crippen LogP contribution in [-0.4, -0.2) is 39.2 Å². The number of nitrogens with one attached hydrogen (secondary N) is 1. The minimum absolute atomic E-state index is 0.146. The molecule has 0 atom stereocenters. The molecule has 2 aromatic heterocycles. The second-order valence-electron chi connectivity index (χ2n) is 7.50. The number of anilines is 1. The summed E-state index contributed by atoms with van der Waals surface area (Å²) < 4.78 is 1.39. The maximum Gasteiger partial charge on any atom is 0.245 e. The van der Waals surface area contributed by atoms with Gasteiger partial charge in [0.05, 0.1) is 11.4 Å². The fourth-order valence-corrected chi connectivity index (χ4v) is 2.68. The molecule has 144 valence electrons. The molecule has 0 amide bonds. The number of hydrogen-bond donors (Lipinski definition) is 2. The number of rotatable bonds is 4. The van der Waals surface area contributed by atoms with Crippen LogP contribution in [0, 0.1) is 11.3 Å². The van der Waals surface area contributed by atoms with Gasteiger partial charge in [-0.1, -0.05) is 39.0 Å². The topological polar surface area (TPSA) is 118 Å². The summed E-state index contributed by atoms with van der Waals surface area (Å²) in [4.78, 5) is 1.73. The van der Waals surface area contributed by atoms with Gasteiger partial charge >= 0.3 is 0 Å². The lowest BCUT2D eigenvalue weighted by molar-refractivity contribution is 0.434. The van der Waals surface area contributed by atoms with E-state index in [1.165, 1.54) is 4.68 Å². The number of aromatic amines is 1. The van der Waals surface area contributed by atoms with E-state index in [9.17, 15) is 10.4 Å². The van der Waals surface area contributed by atoms with Gasteiger partial charge in [0.2, 0.25) is 5.88 Å². The Labute approximate surface area is 162 Å². The molecule has 3 aromatic rings.